The highest BCUT2D eigenvalue weighted by molar-refractivity contribution is 7.16. The highest BCUT2D eigenvalue weighted by Gasteiger charge is 2.39. The largest absolute Gasteiger partial charge is 0.326 e. The zero-order valence-electron chi connectivity index (χ0n) is 16.1. The molecule has 1 heterocycles. The summed E-state index contributed by atoms with van der Waals surface area (Å²) in [4.78, 5) is 26.2. The smallest absolute Gasteiger partial charge is 0.255 e. The average molecular weight is 436 g/mol. The summed E-state index contributed by atoms with van der Waals surface area (Å²) >= 11 is 7.35. The lowest BCUT2D eigenvalue weighted by atomic mass is 10.1. The standard InChI is InChI=1S/C23H18ClN3O2S/c1-13-8-18(13)23(29)26-17-7-3-5-15(10-17)22(28)27-19-11-20(30-21(19)12-25)14-4-2-6-16(24)9-14/h2-7,9-11,13,18H,8H2,1H3,(H,26,29)(H,27,28)/t13-,18-/m1/s1. The number of carbonyl (C=O) groups is 2. The van der Waals surface area contributed by atoms with Crippen LogP contribution in [0.5, 0.6) is 0 Å². The minimum absolute atomic E-state index is 0.0178. The van der Waals surface area contributed by atoms with E-state index in [2.05, 4.69) is 16.7 Å². The Morgan fingerprint density at radius 2 is 1.90 bits per heavy atom. The number of halogens is 1. The predicted octanol–water partition coefficient (Wildman–Crippen LogP) is 5.79. The molecule has 0 radical (unpaired) electrons. The van der Waals surface area contributed by atoms with Crippen molar-refractivity contribution in [2.24, 2.45) is 11.8 Å². The number of nitrogens with one attached hydrogen (secondary N) is 2. The number of hydrogen-bond donors (Lipinski definition) is 2. The topological polar surface area (TPSA) is 82.0 Å². The molecule has 0 spiro atoms. The van der Waals surface area contributed by atoms with Crippen LogP contribution < -0.4 is 10.6 Å². The van der Waals surface area contributed by atoms with Gasteiger partial charge >= 0.3 is 0 Å². The number of amides is 2. The Bertz CT molecular complexity index is 1180. The van der Waals surface area contributed by atoms with E-state index >= 15 is 0 Å². The second-order valence-corrected chi connectivity index (χ2v) is 8.81. The third kappa shape index (κ3) is 4.38. The quantitative estimate of drug-likeness (QED) is 0.532. The van der Waals surface area contributed by atoms with Gasteiger partial charge in [-0.1, -0.05) is 36.7 Å². The lowest BCUT2D eigenvalue weighted by Gasteiger charge is -2.08. The molecule has 0 aliphatic heterocycles. The van der Waals surface area contributed by atoms with Crippen molar-refractivity contribution in [3.63, 3.8) is 0 Å². The lowest BCUT2D eigenvalue weighted by molar-refractivity contribution is -0.117. The maximum Gasteiger partial charge on any atom is 0.255 e. The zero-order chi connectivity index (χ0) is 21.3. The van der Waals surface area contributed by atoms with Crippen LogP contribution in [0.1, 0.15) is 28.6 Å². The van der Waals surface area contributed by atoms with Gasteiger partial charge in [0.25, 0.3) is 5.91 Å². The van der Waals surface area contributed by atoms with Crippen LogP contribution in [0.3, 0.4) is 0 Å². The van der Waals surface area contributed by atoms with Crippen LogP contribution in [0.25, 0.3) is 10.4 Å². The van der Waals surface area contributed by atoms with Crippen LogP contribution in [-0.4, -0.2) is 11.8 Å². The molecule has 1 aliphatic carbocycles. The van der Waals surface area contributed by atoms with Crippen molar-refractivity contribution in [2.45, 2.75) is 13.3 Å². The van der Waals surface area contributed by atoms with Gasteiger partial charge in [-0.05, 0) is 54.3 Å². The maximum atomic E-state index is 12.8. The summed E-state index contributed by atoms with van der Waals surface area (Å²) in [6, 6.07) is 18.0. The van der Waals surface area contributed by atoms with E-state index in [-0.39, 0.29) is 17.7 Å². The Morgan fingerprint density at radius 3 is 2.60 bits per heavy atom. The monoisotopic (exact) mass is 435 g/mol. The zero-order valence-corrected chi connectivity index (χ0v) is 17.7. The minimum Gasteiger partial charge on any atom is -0.326 e. The highest BCUT2D eigenvalue weighted by atomic mass is 35.5. The van der Waals surface area contributed by atoms with E-state index in [0.717, 1.165) is 16.9 Å². The van der Waals surface area contributed by atoms with Gasteiger partial charge in [0.05, 0.1) is 5.69 Å². The number of thiophene rings is 1. The molecule has 0 unspecified atom stereocenters. The second-order valence-electron chi connectivity index (χ2n) is 7.32. The van der Waals surface area contributed by atoms with Crippen LogP contribution in [0.15, 0.2) is 54.6 Å². The molecule has 0 bridgehead atoms. The molecule has 1 aromatic heterocycles. The van der Waals surface area contributed by atoms with Gasteiger partial charge in [-0.2, -0.15) is 5.26 Å². The molecule has 150 valence electrons. The van der Waals surface area contributed by atoms with E-state index in [0.29, 0.717) is 32.8 Å². The summed E-state index contributed by atoms with van der Waals surface area (Å²) < 4.78 is 0. The van der Waals surface area contributed by atoms with Crippen molar-refractivity contribution in [3.8, 4) is 16.5 Å². The molecule has 30 heavy (non-hydrogen) atoms. The molecular weight excluding hydrogens is 418 g/mol. The fourth-order valence-corrected chi connectivity index (χ4v) is 4.30. The SMILES string of the molecule is C[C@@H]1C[C@H]1C(=O)Nc1cccc(C(=O)Nc2cc(-c3cccc(Cl)c3)sc2C#N)c1. The molecule has 2 atom stereocenters. The van der Waals surface area contributed by atoms with Gasteiger partial charge in [0.15, 0.2) is 0 Å². The predicted molar refractivity (Wildman–Crippen MR) is 120 cm³/mol. The second kappa shape index (κ2) is 8.31. The number of carbonyl (C=O) groups excluding carboxylic acids is 2. The van der Waals surface area contributed by atoms with Gasteiger partial charge in [0.2, 0.25) is 5.91 Å². The molecular formula is C23H18ClN3O2S. The molecule has 1 fully saturated rings. The van der Waals surface area contributed by atoms with Crippen molar-refractivity contribution in [2.75, 3.05) is 10.6 Å². The molecule has 7 heteroatoms. The van der Waals surface area contributed by atoms with Crippen molar-refractivity contribution in [1.82, 2.24) is 0 Å². The Balaban J connectivity index is 1.52. The van der Waals surface area contributed by atoms with Crippen molar-refractivity contribution >= 4 is 46.1 Å². The van der Waals surface area contributed by atoms with Gasteiger partial charge in [-0.15, -0.1) is 11.3 Å². The first kappa shape index (κ1) is 20.1. The molecule has 0 saturated heterocycles. The molecule has 5 nitrogen and oxygen atoms in total. The van der Waals surface area contributed by atoms with E-state index in [9.17, 15) is 14.9 Å². The van der Waals surface area contributed by atoms with E-state index in [1.165, 1.54) is 11.3 Å². The Kier molecular flexibility index (Phi) is 5.58. The Labute approximate surface area is 183 Å². The van der Waals surface area contributed by atoms with Crippen LogP contribution in [0.2, 0.25) is 5.02 Å². The van der Waals surface area contributed by atoms with Gasteiger partial charge in [0.1, 0.15) is 10.9 Å². The van der Waals surface area contributed by atoms with Gasteiger partial charge in [-0.25, -0.2) is 0 Å². The molecule has 3 aromatic rings. The molecule has 4 rings (SSSR count). The number of rotatable bonds is 5. The molecule has 1 saturated carbocycles. The fraction of sp³-hybridized carbons (Fsp3) is 0.174. The third-order valence-corrected chi connectivity index (χ3v) is 6.35. The summed E-state index contributed by atoms with van der Waals surface area (Å²) in [6.45, 7) is 2.04. The Morgan fingerprint density at radius 1 is 1.13 bits per heavy atom. The van der Waals surface area contributed by atoms with Gasteiger partial charge in [-0.3, -0.25) is 9.59 Å². The summed E-state index contributed by atoms with van der Waals surface area (Å²) in [5.41, 5.74) is 2.31. The maximum absolute atomic E-state index is 12.8. The third-order valence-electron chi connectivity index (χ3n) is 5.03. The van der Waals surface area contributed by atoms with Crippen LogP contribution >= 0.6 is 22.9 Å². The number of nitrogens with zero attached hydrogens (tertiary/aromatic N) is 1. The minimum atomic E-state index is -0.349. The number of hydrogen-bond acceptors (Lipinski definition) is 4. The summed E-state index contributed by atoms with van der Waals surface area (Å²) in [6.07, 6.45) is 0.899. The lowest BCUT2D eigenvalue weighted by Crippen LogP contribution is -2.16. The first-order chi connectivity index (χ1) is 14.4. The fourth-order valence-electron chi connectivity index (χ4n) is 3.21. The molecule has 1 aliphatic rings. The first-order valence-electron chi connectivity index (χ1n) is 9.47. The molecule has 2 aromatic carbocycles. The number of benzene rings is 2. The summed E-state index contributed by atoms with van der Waals surface area (Å²) in [7, 11) is 0. The van der Waals surface area contributed by atoms with E-state index in [1.54, 1.807) is 36.4 Å². The van der Waals surface area contributed by atoms with Crippen molar-refractivity contribution in [1.29, 1.82) is 5.26 Å². The van der Waals surface area contributed by atoms with Crippen LogP contribution in [0, 0.1) is 23.2 Å². The average Bonchev–Trinajstić information content (AvgIpc) is 3.33. The number of anilines is 2. The van der Waals surface area contributed by atoms with Crippen molar-refractivity contribution < 1.29 is 9.59 Å². The summed E-state index contributed by atoms with van der Waals surface area (Å²) in [5, 5.41) is 15.7. The molecule has 2 N–H and O–H groups in total. The van der Waals surface area contributed by atoms with Gasteiger partial charge in [0, 0.05) is 27.1 Å². The van der Waals surface area contributed by atoms with Crippen LogP contribution in [0.4, 0.5) is 11.4 Å². The normalized spacial score (nSPS) is 17.1. The van der Waals surface area contributed by atoms with Crippen molar-refractivity contribution in [3.05, 3.63) is 70.1 Å². The van der Waals surface area contributed by atoms with Gasteiger partial charge < -0.3 is 10.6 Å². The van der Waals surface area contributed by atoms with E-state index < -0.39 is 0 Å². The summed E-state index contributed by atoms with van der Waals surface area (Å²) in [5.74, 6) is 0.0956. The first-order valence-corrected chi connectivity index (χ1v) is 10.7. The Hall–Kier alpha value is -3.14. The number of nitriles is 1. The van der Waals surface area contributed by atoms with Crippen LogP contribution in [-0.2, 0) is 4.79 Å². The van der Waals surface area contributed by atoms with E-state index in [1.807, 2.05) is 25.1 Å². The molecule has 2 amide bonds. The highest BCUT2D eigenvalue weighted by Crippen LogP contribution is 2.38. The van der Waals surface area contributed by atoms with E-state index in [4.69, 9.17) is 11.6 Å².